The highest BCUT2D eigenvalue weighted by molar-refractivity contribution is 5.91. The molecule has 44 heavy (non-hydrogen) atoms. The predicted octanol–water partition coefficient (Wildman–Crippen LogP) is 9.71. The van der Waals surface area contributed by atoms with E-state index < -0.39 is 5.97 Å². The predicted molar refractivity (Wildman–Crippen MR) is 177 cm³/mol. The van der Waals surface area contributed by atoms with Gasteiger partial charge < -0.3 is 14.2 Å². The summed E-state index contributed by atoms with van der Waals surface area (Å²) in [6, 6.07) is 18.7. The zero-order chi connectivity index (χ0) is 31.4. The molecule has 0 aliphatic rings. The van der Waals surface area contributed by atoms with Crippen molar-refractivity contribution >= 4 is 11.9 Å². The van der Waals surface area contributed by atoms with E-state index in [2.05, 4.69) is 24.6 Å². The lowest BCUT2D eigenvalue weighted by Crippen LogP contribution is -2.08. The van der Waals surface area contributed by atoms with Crippen LogP contribution in [0.1, 0.15) is 107 Å². The number of aryl methyl sites for hydroxylation is 1. The maximum Gasteiger partial charge on any atom is 0.343 e. The molecule has 0 aliphatic heterocycles. The lowest BCUT2D eigenvalue weighted by atomic mass is 10.1. The first-order valence-corrected chi connectivity index (χ1v) is 16.3. The zero-order valence-corrected chi connectivity index (χ0v) is 26.7. The molecule has 0 fully saturated rings. The van der Waals surface area contributed by atoms with E-state index in [0.717, 1.165) is 49.1 Å². The van der Waals surface area contributed by atoms with Crippen LogP contribution in [0.4, 0.5) is 0 Å². The molecule has 6 heteroatoms. The Morgan fingerprint density at radius 1 is 0.705 bits per heavy atom. The number of carbonyl (C=O) groups excluding carboxylic acids is 2. The molecule has 0 saturated carbocycles. The van der Waals surface area contributed by atoms with Gasteiger partial charge in [0, 0.05) is 17.3 Å². The van der Waals surface area contributed by atoms with Crippen LogP contribution in [0.15, 0.2) is 79.0 Å². The number of pyridine rings is 1. The molecule has 0 aliphatic carbocycles. The molecule has 0 saturated heterocycles. The highest BCUT2D eigenvalue weighted by atomic mass is 16.5. The summed E-state index contributed by atoms with van der Waals surface area (Å²) in [7, 11) is 0. The molecule has 3 rings (SSSR count). The van der Waals surface area contributed by atoms with Crippen molar-refractivity contribution in [2.45, 2.75) is 97.3 Å². The second kappa shape index (κ2) is 20.1. The maximum atomic E-state index is 12.6. The number of esters is 2. The summed E-state index contributed by atoms with van der Waals surface area (Å²) in [6.45, 7) is 8.61. The number of hydrogen-bond donors (Lipinski definition) is 0. The summed E-state index contributed by atoms with van der Waals surface area (Å²) in [5.74, 6) is 0.558. The van der Waals surface area contributed by atoms with Crippen molar-refractivity contribution < 1.29 is 23.8 Å². The second-order valence-electron chi connectivity index (χ2n) is 11.4. The monoisotopic (exact) mass is 599 g/mol. The van der Waals surface area contributed by atoms with Crippen molar-refractivity contribution in [3.8, 4) is 22.8 Å². The van der Waals surface area contributed by atoms with Crippen molar-refractivity contribution in [2.75, 3.05) is 13.2 Å². The van der Waals surface area contributed by atoms with Crippen LogP contribution in [-0.4, -0.2) is 30.1 Å². The molecule has 0 spiro atoms. The SMILES string of the molecule is C=C(C)C(=O)OCCCCCCCCCCCOc1ccc(C(=O)Oc2ccc(-c3ccc(CCCCC)cn3)cc2)cc1. The Labute approximate surface area is 263 Å². The first-order chi connectivity index (χ1) is 21.5. The van der Waals surface area contributed by atoms with Gasteiger partial charge in [-0.1, -0.05) is 77.4 Å². The molecule has 6 nitrogen and oxygen atoms in total. The van der Waals surface area contributed by atoms with Crippen LogP contribution < -0.4 is 9.47 Å². The van der Waals surface area contributed by atoms with Crippen LogP contribution in [0.3, 0.4) is 0 Å². The van der Waals surface area contributed by atoms with E-state index in [-0.39, 0.29) is 5.97 Å². The molecule has 3 aromatic rings. The lowest BCUT2D eigenvalue weighted by Gasteiger charge is -2.08. The summed E-state index contributed by atoms with van der Waals surface area (Å²) < 4.78 is 16.5. The summed E-state index contributed by atoms with van der Waals surface area (Å²) in [5.41, 5.74) is 4.09. The molecular weight excluding hydrogens is 550 g/mol. The zero-order valence-electron chi connectivity index (χ0n) is 26.7. The fourth-order valence-electron chi connectivity index (χ4n) is 4.79. The average molecular weight is 600 g/mol. The first kappa shape index (κ1) is 34.6. The summed E-state index contributed by atoms with van der Waals surface area (Å²) in [6.07, 6.45) is 16.9. The first-order valence-electron chi connectivity index (χ1n) is 16.3. The second-order valence-corrected chi connectivity index (χ2v) is 11.4. The molecule has 0 bridgehead atoms. The van der Waals surface area contributed by atoms with E-state index in [9.17, 15) is 9.59 Å². The number of nitrogens with zero attached hydrogens (tertiary/aromatic N) is 1. The van der Waals surface area contributed by atoms with Crippen LogP contribution in [0, 0.1) is 0 Å². The fraction of sp³-hybridized carbons (Fsp3) is 0.447. The minimum atomic E-state index is -0.398. The van der Waals surface area contributed by atoms with Crippen molar-refractivity contribution in [2.24, 2.45) is 0 Å². The van der Waals surface area contributed by atoms with Gasteiger partial charge in [0.2, 0.25) is 0 Å². The van der Waals surface area contributed by atoms with E-state index in [1.165, 1.54) is 56.9 Å². The molecule has 0 radical (unpaired) electrons. The van der Waals surface area contributed by atoms with Gasteiger partial charge in [0.25, 0.3) is 0 Å². The van der Waals surface area contributed by atoms with Crippen LogP contribution in [-0.2, 0) is 16.0 Å². The number of benzene rings is 2. The van der Waals surface area contributed by atoms with Gasteiger partial charge in [0.05, 0.1) is 24.5 Å². The van der Waals surface area contributed by atoms with Gasteiger partial charge in [-0.05, 0) is 92.8 Å². The molecule has 2 aromatic carbocycles. The summed E-state index contributed by atoms with van der Waals surface area (Å²) in [4.78, 5) is 28.6. The maximum absolute atomic E-state index is 12.6. The Morgan fingerprint density at radius 3 is 1.91 bits per heavy atom. The third-order valence-corrected chi connectivity index (χ3v) is 7.48. The normalized spacial score (nSPS) is 10.8. The molecule has 0 unspecified atom stereocenters. The minimum Gasteiger partial charge on any atom is -0.494 e. The standard InChI is InChI=1S/C38H49NO5/c1-4-5-13-16-31-17-26-36(39-29-31)32-18-24-35(25-19-32)44-38(41)33-20-22-34(23-21-33)42-27-14-11-9-7-6-8-10-12-15-28-43-37(40)30(2)3/h17-26,29H,2,4-16,27-28H2,1,3H3. The Hall–Kier alpha value is -3.93. The largest absolute Gasteiger partial charge is 0.494 e. The summed E-state index contributed by atoms with van der Waals surface area (Å²) >= 11 is 0. The van der Waals surface area contributed by atoms with Crippen LogP contribution >= 0.6 is 0 Å². The third kappa shape index (κ3) is 13.2. The van der Waals surface area contributed by atoms with Crippen molar-refractivity contribution in [1.82, 2.24) is 4.98 Å². The number of carbonyl (C=O) groups is 2. The number of unbranched alkanes of at least 4 members (excludes halogenated alkanes) is 10. The third-order valence-electron chi connectivity index (χ3n) is 7.48. The number of rotatable bonds is 21. The van der Waals surface area contributed by atoms with Crippen LogP contribution in [0.25, 0.3) is 11.3 Å². The summed E-state index contributed by atoms with van der Waals surface area (Å²) in [5, 5.41) is 0. The molecule has 0 amide bonds. The van der Waals surface area contributed by atoms with Gasteiger partial charge in [0.1, 0.15) is 11.5 Å². The van der Waals surface area contributed by atoms with Gasteiger partial charge >= 0.3 is 11.9 Å². The van der Waals surface area contributed by atoms with Gasteiger partial charge in [-0.3, -0.25) is 4.98 Å². The quantitative estimate of drug-likeness (QED) is 0.0525. The lowest BCUT2D eigenvalue weighted by molar-refractivity contribution is -0.139. The van der Waals surface area contributed by atoms with E-state index >= 15 is 0 Å². The molecule has 0 N–H and O–H groups in total. The smallest absolute Gasteiger partial charge is 0.343 e. The van der Waals surface area contributed by atoms with Crippen LogP contribution in [0.2, 0.25) is 0 Å². The van der Waals surface area contributed by atoms with Gasteiger partial charge in [-0.15, -0.1) is 0 Å². The number of ether oxygens (including phenoxy) is 3. The average Bonchev–Trinajstić information content (AvgIpc) is 3.04. The fourth-order valence-corrected chi connectivity index (χ4v) is 4.79. The van der Waals surface area contributed by atoms with Crippen molar-refractivity contribution in [3.05, 3.63) is 90.1 Å². The topological polar surface area (TPSA) is 74.7 Å². The van der Waals surface area contributed by atoms with E-state index in [1.807, 2.05) is 36.5 Å². The Kier molecular flexibility index (Phi) is 15.8. The number of aromatic nitrogens is 1. The Balaban J connectivity index is 1.25. The van der Waals surface area contributed by atoms with Crippen molar-refractivity contribution in [1.29, 1.82) is 0 Å². The minimum absolute atomic E-state index is 0.294. The van der Waals surface area contributed by atoms with E-state index in [0.29, 0.717) is 30.1 Å². The molecule has 236 valence electrons. The molecule has 0 atom stereocenters. The van der Waals surface area contributed by atoms with E-state index in [1.54, 1.807) is 31.2 Å². The molecule has 1 heterocycles. The Morgan fingerprint density at radius 2 is 1.32 bits per heavy atom. The van der Waals surface area contributed by atoms with Gasteiger partial charge in [-0.2, -0.15) is 0 Å². The highest BCUT2D eigenvalue weighted by Crippen LogP contribution is 2.23. The van der Waals surface area contributed by atoms with Gasteiger partial charge in [-0.25, -0.2) is 9.59 Å². The Bertz CT molecular complexity index is 1270. The molecular formula is C38H49NO5. The van der Waals surface area contributed by atoms with E-state index in [4.69, 9.17) is 14.2 Å². The number of hydrogen-bond acceptors (Lipinski definition) is 6. The van der Waals surface area contributed by atoms with Crippen LogP contribution in [0.5, 0.6) is 11.5 Å². The van der Waals surface area contributed by atoms with Crippen molar-refractivity contribution in [3.63, 3.8) is 0 Å². The highest BCUT2D eigenvalue weighted by Gasteiger charge is 2.10. The van der Waals surface area contributed by atoms with Gasteiger partial charge in [0.15, 0.2) is 0 Å². The molecule has 1 aromatic heterocycles.